The number of nitrogens with one attached hydrogen (secondary N) is 1. The van der Waals surface area contributed by atoms with E-state index in [4.69, 9.17) is 23.2 Å². The summed E-state index contributed by atoms with van der Waals surface area (Å²) in [6, 6.07) is 11.2. The SMILES string of the molecule is Clc1ccc(-c2nc(SCc3ccc(Cl)nc3)n[nH]2)cc1. The van der Waals surface area contributed by atoms with Crippen molar-refractivity contribution in [3.8, 4) is 11.4 Å². The molecule has 0 atom stereocenters. The number of aromatic amines is 1. The van der Waals surface area contributed by atoms with Crippen LogP contribution in [0.2, 0.25) is 10.2 Å². The number of H-pyrrole nitrogens is 1. The van der Waals surface area contributed by atoms with Crippen molar-refractivity contribution in [3.63, 3.8) is 0 Å². The Labute approximate surface area is 135 Å². The Morgan fingerprint density at radius 2 is 1.86 bits per heavy atom. The summed E-state index contributed by atoms with van der Waals surface area (Å²) in [4.78, 5) is 8.49. The summed E-state index contributed by atoms with van der Waals surface area (Å²) < 4.78 is 0. The van der Waals surface area contributed by atoms with Crippen molar-refractivity contribution in [1.82, 2.24) is 20.2 Å². The average molecular weight is 337 g/mol. The van der Waals surface area contributed by atoms with Crippen molar-refractivity contribution in [3.05, 3.63) is 58.3 Å². The van der Waals surface area contributed by atoms with Crippen LogP contribution >= 0.6 is 35.0 Å². The first-order valence-corrected chi connectivity index (χ1v) is 7.86. The second-order valence-electron chi connectivity index (χ2n) is 4.25. The molecular weight excluding hydrogens is 327 g/mol. The molecule has 1 aromatic carbocycles. The van der Waals surface area contributed by atoms with Crippen LogP contribution in [0.15, 0.2) is 47.8 Å². The number of benzene rings is 1. The standard InChI is InChI=1S/C14H10Cl2N4S/c15-11-4-2-10(3-5-11)13-18-14(20-19-13)21-8-9-1-6-12(16)17-7-9/h1-7H,8H2,(H,18,19,20). The van der Waals surface area contributed by atoms with E-state index in [1.165, 1.54) is 11.8 Å². The number of hydrogen-bond acceptors (Lipinski definition) is 4. The molecular formula is C14H10Cl2N4S. The van der Waals surface area contributed by atoms with E-state index >= 15 is 0 Å². The molecule has 0 amide bonds. The smallest absolute Gasteiger partial charge is 0.209 e. The first-order valence-electron chi connectivity index (χ1n) is 6.12. The van der Waals surface area contributed by atoms with Crippen LogP contribution in [0.25, 0.3) is 11.4 Å². The fourth-order valence-corrected chi connectivity index (χ4v) is 2.66. The Balaban J connectivity index is 1.67. The van der Waals surface area contributed by atoms with Crippen LogP contribution in [0.5, 0.6) is 0 Å². The van der Waals surface area contributed by atoms with E-state index < -0.39 is 0 Å². The number of nitrogens with zero attached hydrogens (tertiary/aromatic N) is 3. The fraction of sp³-hybridized carbons (Fsp3) is 0.0714. The number of aromatic nitrogens is 4. The van der Waals surface area contributed by atoms with Crippen LogP contribution in [-0.4, -0.2) is 20.2 Å². The largest absolute Gasteiger partial charge is 0.258 e. The highest BCUT2D eigenvalue weighted by molar-refractivity contribution is 7.98. The van der Waals surface area contributed by atoms with Gasteiger partial charge in [-0.25, -0.2) is 9.97 Å². The van der Waals surface area contributed by atoms with E-state index in [2.05, 4.69) is 20.2 Å². The minimum atomic E-state index is 0.492. The molecule has 2 aromatic heterocycles. The van der Waals surface area contributed by atoms with E-state index in [9.17, 15) is 0 Å². The Kier molecular flexibility index (Phi) is 4.43. The summed E-state index contributed by atoms with van der Waals surface area (Å²) in [7, 11) is 0. The van der Waals surface area contributed by atoms with Crippen molar-refractivity contribution in [2.24, 2.45) is 0 Å². The Morgan fingerprint density at radius 3 is 2.57 bits per heavy atom. The predicted octanol–water partition coefficient (Wildman–Crippen LogP) is 4.47. The average Bonchev–Trinajstić information content (AvgIpc) is 2.96. The molecule has 0 aliphatic carbocycles. The van der Waals surface area contributed by atoms with Gasteiger partial charge in [-0.05, 0) is 35.9 Å². The monoisotopic (exact) mass is 336 g/mol. The summed E-state index contributed by atoms with van der Waals surface area (Å²) in [6.07, 6.45) is 1.75. The number of halogens is 2. The number of thioether (sulfide) groups is 1. The first kappa shape index (κ1) is 14.4. The van der Waals surface area contributed by atoms with E-state index in [1.807, 2.05) is 30.3 Å². The lowest BCUT2D eigenvalue weighted by Crippen LogP contribution is -1.84. The van der Waals surface area contributed by atoms with Crippen LogP contribution in [0.1, 0.15) is 5.56 Å². The molecule has 1 N–H and O–H groups in total. The molecule has 3 aromatic rings. The second-order valence-corrected chi connectivity index (χ2v) is 6.02. The molecule has 7 heteroatoms. The zero-order valence-electron chi connectivity index (χ0n) is 10.8. The molecule has 106 valence electrons. The van der Waals surface area contributed by atoms with Crippen molar-refractivity contribution >= 4 is 35.0 Å². The van der Waals surface area contributed by atoms with Crippen LogP contribution in [-0.2, 0) is 5.75 Å². The van der Waals surface area contributed by atoms with Gasteiger partial charge in [0.25, 0.3) is 0 Å². The van der Waals surface area contributed by atoms with Crippen LogP contribution < -0.4 is 0 Å². The normalized spacial score (nSPS) is 10.8. The van der Waals surface area contributed by atoms with E-state index in [-0.39, 0.29) is 0 Å². The molecule has 0 spiro atoms. The summed E-state index contributed by atoms with van der Waals surface area (Å²) >= 11 is 13.2. The highest BCUT2D eigenvalue weighted by Crippen LogP contribution is 2.23. The molecule has 21 heavy (non-hydrogen) atoms. The third kappa shape index (κ3) is 3.75. The first-order chi connectivity index (χ1) is 10.2. The van der Waals surface area contributed by atoms with Gasteiger partial charge in [-0.3, -0.25) is 5.10 Å². The van der Waals surface area contributed by atoms with Crippen LogP contribution in [0.4, 0.5) is 0 Å². The highest BCUT2D eigenvalue weighted by atomic mass is 35.5. The molecule has 2 heterocycles. The van der Waals surface area contributed by atoms with Gasteiger partial charge >= 0.3 is 0 Å². The zero-order valence-corrected chi connectivity index (χ0v) is 13.1. The minimum Gasteiger partial charge on any atom is -0.258 e. The zero-order chi connectivity index (χ0) is 14.7. The van der Waals surface area contributed by atoms with Gasteiger partial charge in [0.1, 0.15) is 5.15 Å². The van der Waals surface area contributed by atoms with Gasteiger partial charge in [0.15, 0.2) is 5.82 Å². The van der Waals surface area contributed by atoms with Gasteiger partial charge in [0.05, 0.1) is 0 Å². The van der Waals surface area contributed by atoms with E-state index in [0.29, 0.717) is 15.3 Å². The van der Waals surface area contributed by atoms with Crippen LogP contribution in [0.3, 0.4) is 0 Å². The molecule has 0 aliphatic heterocycles. The summed E-state index contributed by atoms with van der Waals surface area (Å²) in [5.74, 6) is 1.46. The van der Waals surface area contributed by atoms with Gasteiger partial charge < -0.3 is 0 Å². The summed E-state index contributed by atoms with van der Waals surface area (Å²) in [5, 5.41) is 9.00. The molecule has 4 nitrogen and oxygen atoms in total. The molecule has 0 radical (unpaired) electrons. The maximum Gasteiger partial charge on any atom is 0.209 e. The number of pyridine rings is 1. The van der Waals surface area contributed by atoms with Crippen molar-refractivity contribution in [1.29, 1.82) is 0 Å². The molecule has 0 aliphatic rings. The molecule has 0 saturated carbocycles. The Morgan fingerprint density at radius 1 is 1.05 bits per heavy atom. The number of hydrogen-bond donors (Lipinski definition) is 1. The maximum absolute atomic E-state index is 5.87. The fourth-order valence-electron chi connectivity index (χ4n) is 1.69. The van der Waals surface area contributed by atoms with E-state index in [0.717, 1.165) is 22.7 Å². The highest BCUT2D eigenvalue weighted by Gasteiger charge is 2.06. The second kappa shape index (κ2) is 6.47. The third-order valence-corrected chi connectivity index (χ3v) is 4.13. The quantitative estimate of drug-likeness (QED) is 0.564. The molecule has 0 fully saturated rings. The Bertz CT molecular complexity index is 725. The van der Waals surface area contributed by atoms with Crippen molar-refractivity contribution in [2.75, 3.05) is 0 Å². The summed E-state index contributed by atoms with van der Waals surface area (Å²) in [6.45, 7) is 0. The maximum atomic E-state index is 5.87. The minimum absolute atomic E-state index is 0.492. The third-order valence-electron chi connectivity index (χ3n) is 2.74. The topological polar surface area (TPSA) is 54.5 Å². The van der Waals surface area contributed by atoms with Gasteiger partial charge in [0, 0.05) is 22.5 Å². The molecule has 0 saturated heterocycles. The molecule has 0 bridgehead atoms. The lowest BCUT2D eigenvalue weighted by Gasteiger charge is -1.97. The van der Waals surface area contributed by atoms with E-state index in [1.54, 1.807) is 12.3 Å². The predicted molar refractivity (Wildman–Crippen MR) is 85.6 cm³/mol. The lowest BCUT2D eigenvalue weighted by atomic mass is 10.2. The lowest BCUT2D eigenvalue weighted by molar-refractivity contribution is 0.973. The summed E-state index contributed by atoms with van der Waals surface area (Å²) in [5.41, 5.74) is 2.02. The van der Waals surface area contributed by atoms with Crippen molar-refractivity contribution in [2.45, 2.75) is 10.9 Å². The van der Waals surface area contributed by atoms with Crippen molar-refractivity contribution < 1.29 is 0 Å². The van der Waals surface area contributed by atoms with Gasteiger partial charge in [-0.1, -0.05) is 41.0 Å². The van der Waals surface area contributed by atoms with Gasteiger partial charge in [-0.2, -0.15) is 0 Å². The number of rotatable bonds is 4. The molecule has 3 rings (SSSR count). The van der Waals surface area contributed by atoms with Gasteiger partial charge in [0.2, 0.25) is 5.16 Å². The Hall–Kier alpha value is -1.56. The molecule has 0 unspecified atom stereocenters. The van der Waals surface area contributed by atoms with Crippen LogP contribution in [0, 0.1) is 0 Å². The van der Waals surface area contributed by atoms with Gasteiger partial charge in [-0.15, -0.1) is 5.10 Å².